The normalized spacial score (nSPS) is 9.14. The van der Waals surface area contributed by atoms with Gasteiger partial charge < -0.3 is 5.32 Å². The highest BCUT2D eigenvalue weighted by Crippen LogP contribution is 2.09. The van der Waals surface area contributed by atoms with Crippen molar-refractivity contribution in [1.82, 2.24) is 0 Å². The van der Waals surface area contributed by atoms with Gasteiger partial charge in [-0.15, -0.1) is 6.42 Å². The van der Waals surface area contributed by atoms with E-state index in [2.05, 4.69) is 11.2 Å². The Bertz CT molecular complexity index is 346. The fourth-order valence-electron chi connectivity index (χ4n) is 1.10. The highest BCUT2D eigenvalue weighted by molar-refractivity contribution is 5.90. The Morgan fingerprint density at radius 2 is 2.07 bits per heavy atom. The number of carbonyl (C=O) groups excluding carboxylic acids is 1. The summed E-state index contributed by atoms with van der Waals surface area (Å²) in [5.74, 6) is 2.56. The van der Waals surface area contributed by atoms with E-state index in [9.17, 15) is 4.79 Å². The van der Waals surface area contributed by atoms with Crippen LogP contribution in [0.15, 0.2) is 24.3 Å². The molecule has 1 rings (SSSR count). The van der Waals surface area contributed by atoms with Crippen LogP contribution in [0.2, 0.25) is 0 Å². The molecule has 0 aliphatic rings. The van der Waals surface area contributed by atoms with Gasteiger partial charge in [-0.05, 0) is 30.7 Å². The lowest BCUT2D eigenvalue weighted by Gasteiger charge is -2.03. The molecule has 1 amide bonds. The van der Waals surface area contributed by atoms with E-state index < -0.39 is 0 Å². The van der Waals surface area contributed by atoms with E-state index in [1.165, 1.54) is 0 Å². The molecule has 2 nitrogen and oxygen atoms in total. The van der Waals surface area contributed by atoms with Crippen molar-refractivity contribution in [3.63, 3.8) is 0 Å². The second-order valence-corrected chi connectivity index (χ2v) is 3.02. The molecule has 0 fully saturated rings. The first-order valence-electron chi connectivity index (χ1n) is 4.62. The highest BCUT2D eigenvalue weighted by atomic mass is 16.1. The second-order valence-electron chi connectivity index (χ2n) is 3.02. The molecule has 14 heavy (non-hydrogen) atoms. The Morgan fingerprint density at radius 3 is 2.57 bits per heavy atom. The molecule has 0 atom stereocenters. The predicted molar refractivity (Wildman–Crippen MR) is 57.9 cm³/mol. The zero-order valence-corrected chi connectivity index (χ0v) is 8.21. The third kappa shape index (κ3) is 2.95. The molecule has 0 radical (unpaired) electrons. The number of benzene rings is 1. The third-order valence-electron chi connectivity index (χ3n) is 1.81. The quantitative estimate of drug-likeness (QED) is 0.723. The minimum atomic E-state index is 0.0426. The number of hydrogen-bond donors (Lipinski definition) is 1. The summed E-state index contributed by atoms with van der Waals surface area (Å²) in [6.45, 7) is 1.97. The van der Waals surface area contributed by atoms with Crippen LogP contribution < -0.4 is 5.32 Å². The lowest BCUT2D eigenvalue weighted by Crippen LogP contribution is -2.10. The van der Waals surface area contributed by atoms with Gasteiger partial charge in [0.15, 0.2) is 0 Å². The fourth-order valence-corrected chi connectivity index (χ4v) is 1.10. The van der Waals surface area contributed by atoms with Gasteiger partial charge in [0.05, 0.1) is 0 Å². The minimum Gasteiger partial charge on any atom is -0.326 e. The molecule has 1 N–H and O–H groups in total. The van der Waals surface area contributed by atoms with Crippen LogP contribution >= 0.6 is 0 Å². The van der Waals surface area contributed by atoms with Crippen LogP contribution in [0.4, 0.5) is 5.69 Å². The van der Waals surface area contributed by atoms with Crippen LogP contribution in [-0.4, -0.2) is 5.91 Å². The van der Waals surface area contributed by atoms with E-state index in [-0.39, 0.29) is 5.91 Å². The molecule has 1 aromatic carbocycles. The van der Waals surface area contributed by atoms with Crippen LogP contribution in [0.5, 0.6) is 0 Å². The van der Waals surface area contributed by atoms with Crippen molar-refractivity contribution in [1.29, 1.82) is 0 Å². The molecule has 0 saturated carbocycles. The average molecular weight is 187 g/mol. The number of carbonyl (C=O) groups is 1. The molecule has 0 aliphatic carbocycles. The summed E-state index contributed by atoms with van der Waals surface area (Å²) in [6, 6.07) is 7.23. The lowest BCUT2D eigenvalue weighted by atomic mass is 10.2. The van der Waals surface area contributed by atoms with Crippen molar-refractivity contribution in [2.24, 2.45) is 0 Å². The fraction of sp³-hybridized carbons (Fsp3) is 0.250. The Morgan fingerprint density at radius 1 is 1.43 bits per heavy atom. The minimum absolute atomic E-state index is 0.0426. The molecule has 0 heterocycles. The van der Waals surface area contributed by atoms with E-state index in [1.54, 1.807) is 0 Å². The maximum atomic E-state index is 11.2. The number of rotatable bonds is 3. The summed E-state index contributed by atoms with van der Waals surface area (Å²) < 4.78 is 0. The van der Waals surface area contributed by atoms with Gasteiger partial charge in [-0.1, -0.05) is 12.8 Å². The maximum absolute atomic E-state index is 11.2. The van der Waals surface area contributed by atoms with Crippen molar-refractivity contribution in [3.05, 3.63) is 29.8 Å². The van der Waals surface area contributed by atoms with Gasteiger partial charge >= 0.3 is 0 Å². The number of terminal acetylenes is 1. The van der Waals surface area contributed by atoms with Crippen LogP contribution in [0.3, 0.4) is 0 Å². The molecule has 0 unspecified atom stereocenters. The van der Waals surface area contributed by atoms with Crippen molar-refractivity contribution in [2.75, 3.05) is 5.32 Å². The first-order valence-corrected chi connectivity index (χ1v) is 4.62. The van der Waals surface area contributed by atoms with Crippen LogP contribution in [0, 0.1) is 12.3 Å². The second kappa shape index (κ2) is 5.08. The molecule has 0 spiro atoms. The first-order chi connectivity index (χ1) is 6.76. The summed E-state index contributed by atoms with van der Waals surface area (Å²) in [5.41, 5.74) is 1.61. The standard InChI is InChI=1S/C12H13NO/c1-3-5-12(14)13-11-8-6-10(4-2)7-9-11/h2,6-9H,3,5H2,1H3,(H,13,14). The van der Waals surface area contributed by atoms with Gasteiger partial charge in [0.25, 0.3) is 0 Å². The molecular formula is C12H13NO. The molecular weight excluding hydrogens is 174 g/mol. The predicted octanol–water partition coefficient (Wildman–Crippen LogP) is 2.41. The van der Waals surface area contributed by atoms with Crippen molar-refractivity contribution in [2.45, 2.75) is 19.8 Å². The Hall–Kier alpha value is -1.75. The van der Waals surface area contributed by atoms with Crippen LogP contribution in [-0.2, 0) is 4.79 Å². The van der Waals surface area contributed by atoms with E-state index in [0.29, 0.717) is 6.42 Å². The smallest absolute Gasteiger partial charge is 0.224 e. The molecule has 1 aromatic rings. The number of nitrogens with one attached hydrogen (secondary N) is 1. The van der Waals surface area contributed by atoms with E-state index >= 15 is 0 Å². The summed E-state index contributed by atoms with van der Waals surface area (Å²) >= 11 is 0. The summed E-state index contributed by atoms with van der Waals surface area (Å²) in [4.78, 5) is 11.2. The lowest BCUT2D eigenvalue weighted by molar-refractivity contribution is -0.116. The maximum Gasteiger partial charge on any atom is 0.224 e. The van der Waals surface area contributed by atoms with E-state index in [1.807, 2.05) is 31.2 Å². The molecule has 0 saturated heterocycles. The zero-order valence-electron chi connectivity index (χ0n) is 8.21. The Kier molecular flexibility index (Phi) is 3.75. The molecule has 2 heteroatoms. The van der Waals surface area contributed by atoms with Gasteiger partial charge in [-0.3, -0.25) is 4.79 Å². The summed E-state index contributed by atoms with van der Waals surface area (Å²) in [7, 11) is 0. The highest BCUT2D eigenvalue weighted by Gasteiger charge is 1.99. The summed E-state index contributed by atoms with van der Waals surface area (Å²) in [5, 5.41) is 2.79. The molecule has 0 aromatic heterocycles. The van der Waals surface area contributed by atoms with E-state index in [4.69, 9.17) is 6.42 Å². The number of hydrogen-bond acceptors (Lipinski definition) is 1. The number of anilines is 1. The molecule has 0 bridgehead atoms. The zero-order chi connectivity index (χ0) is 10.4. The van der Waals surface area contributed by atoms with Crippen LogP contribution in [0.1, 0.15) is 25.3 Å². The first kappa shape index (κ1) is 10.3. The van der Waals surface area contributed by atoms with Gasteiger partial charge in [0.1, 0.15) is 0 Å². The topological polar surface area (TPSA) is 29.1 Å². The van der Waals surface area contributed by atoms with Gasteiger partial charge in [-0.25, -0.2) is 0 Å². The number of amides is 1. The Balaban J connectivity index is 2.61. The third-order valence-corrected chi connectivity index (χ3v) is 1.81. The van der Waals surface area contributed by atoms with Gasteiger partial charge in [0.2, 0.25) is 5.91 Å². The largest absolute Gasteiger partial charge is 0.326 e. The van der Waals surface area contributed by atoms with Gasteiger partial charge in [0, 0.05) is 17.7 Å². The van der Waals surface area contributed by atoms with E-state index in [0.717, 1.165) is 17.7 Å². The Labute approximate surface area is 84.3 Å². The van der Waals surface area contributed by atoms with Crippen LogP contribution in [0.25, 0.3) is 0 Å². The van der Waals surface area contributed by atoms with Crippen molar-refractivity contribution in [3.8, 4) is 12.3 Å². The van der Waals surface area contributed by atoms with Gasteiger partial charge in [-0.2, -0.15) is 0 Å². The van der Waals surface area contributed by atoms with Crippen molar-refractivity contribution >= 4 is 11.6 Å². The molecule has 72 valence electrons. The average Bonchev–Trinajstić information content (AvgIpc) is 2.19. The molecule has 0 aliphatic heterocycles. The van der Waals surface area contributed by atoms with Crippen molar-refractivity contribution < 1.29 is 4.79 Å². The summed E-state index contributed by atoms with van der Waals surface area (Å²) in [6.07, 6.45) is 6.62. The monoisotopic (exact) mass is 187 g/mol. The SMILES string of the molecule is C#Cc1ccc(NC(=O)CCC)cc1.